The summed E-state index contributed by atoms with van der Waals surface area (Å²) in [6, 6.07) is 0. The van der Waals surface area contributed by atoms with E-state index in [2.05, 4.69) is 40.1 Å². The molecule has 0 aromatic rings. The van der Waals surface area contributed by atoms with E-state index in [0.717, 1.165) is 5.76 Å². The largest absolute Gasteiger partial charge is 0.548 e. The fourth-order valence-corrected chi connectivity index (χ4v) is 2.41. The summed E-state index contributed by atoms with van der Waals surface area (Å²) in [4.78, 5) is 0. The van der Waals surface area contributed by atoms with Gasteiger partial charge in [0.05, 0.1) is 5.76 Å². The van der Waals surface area contributed by atoms with Gasteiger partial charge in [0, 0.05) is 5.92 Å². The minimum atomic E-state index is -1.41. The van der Waals surface area contributed by atoms with Crippen molar-refractivity contribution >= 4 is 8.32 Å². The van der Waals surface area contributed by atoms with Crippen molar-refractivity contribution in [1.29, 1.82) is 0 Å². The van der Waals surface area contributed by atoms with Gasteiger partial charge in [0.15, 0.2) is 0 Å². The van der Waals surface area contributed by atoms with Gasteiger partial charge in [-0.05, 0) is 31.5 Å². The van der Waals surface area contributed by atoms with E-state index in [9.17, 15) is 0 Å². The van der Waals surface area contributed by atoms with Gasteiger partial charge in [0.25, 0.3) is 0 Å². The van der Waals surface area contributed by atoms with Crippen molar-refractivity contribution in [3.8, 4) is 0 Å². The van der Waals surface area contributed by atoms with Crippen LogP contribution < -0.4 is 0 Å². The van der Waals surface area contributed by atoms with Crippen molar-refractivity contribution in [2.75, 3.05) is 0 Å². The van der Waals surface area contributed by atoms with E-state index in [1.165, 1.54) is 6.42 Å². The van der Waals surface area contributed by atoms with Gasteiger partial charge in [-0.15, -0.1) is 0 Å². The molecule has 1 aliphatic rings. The van der Waals surface area contributed by atoms with Crippen LogP contribution in [-0.4, -0.2) is 8.32 Å². The number of rotatable bonds is 3. The van der Waals surface area contributed by atoms with Crippen LogP contribution in [0, 0.1) is 11.3 Å². The second kappa shape index (κ2) is 2.62. The average Bonchev–Trinajstić information content (AvgIpc) is 2.35. The van der Waals surface area contributed by atoms with E-state index in [0.29, 0.717) is 11.3 Å². The first-order valence-electron chi connectivity index (χ1n) is 4.60. The number of allylic oxidation sites excluding steroid dienone is 1. The molecule has 0 heterocycles. The molecule has 1 saturated carbocycles. The first kappa shape index (κ1) is 9.84. The highest BCUT2D eigenvalue weighted by atomic mass is 28.4. The van der Waals surface area contributed by atoms with Crippen LogP contribution in [0.4, 0.5) is 0 Å². The van der Waals surface area contributed by atoms with E-state index in [1.54, 1.807) is 0 Å². The molecule has 1 atom stereocenters. The minimum absolute atomic E-state index is 0.455. The van der Waals surface area contributed by atoms with Crippen molar-refractivity contribution < 1.29 is 4.43 Å². The van der Waals surface area contributed by atoms with Gasteiger partial charge in [-0.3, -0.25) is 0 Å². The minimum Gasteiger partial charge on any atom is -0.548 e. The Labute approximate surface area is 76.9 Å². The Hall–Kier alpha value is -0.243. The molecule has 0 N–H and O–H groups in total. The molecule has 0 aromatic heterocycles. The lowest BCUT2D eigenvalue weighted by Gasteiger charge is -2.21. The Morgan fingerprint density at radius 1 is 1.42 bits per heavy atom. The summed E-state index contributed by atoms with van der Waals surface area (Å²) in [6.45, 7) is 15.2. The first-order chi connectivity index (χ1) is 5.22. The predicted octanol–water partition coefficient (Wildman–Crippen LogP) is 3.40. The summed E-state index contributed by atoms with van der Waals surface area (Å²) in [6.07, 6.45) is 1.25. The topological polar surface area (TPSA) is 9.23 Å². The van der Waals surface area contributed by atoms with Crippen LogP contribution in [0.5, 0.6) is 0 Å². The second-order valence-corrected chi connectivity index (χ2v) is 9.85. The van der Waals surface area contributed by atoms with Crippen LogP contribution in [0.15, 0.2) is 12.3 Å². The van der Waals surface area contributed by atoms with Crippen molar-refractivity contribution in [2.45, 2.75) is 39.9 Å². The van der Waals surface area contributed by atoms with Crippen molar-refractivity contribution in [2.24, 2.45) is 11.3 Å². The van der Waals surface area contributed by atoms with Gasteiger partial charge in [-0.1, -0.05) is 20.4 Å². The molecular formula is C10H20OSi. The Morgan fingerprint density at radius 2 is 1.83 bits per heavy atom. The third kappa shape index (κ3) is 2.37. The van der Waals surface area contributed by atoms with E-state index in [1.807, 2.05) is 0 Å². The summed E-state index contributed by atoms with van der Waals surface area (Å²) in [5, 5.41) is 0. The second-order valence-electron chi connectivity index (χ2n) is 5.43. The summed E-state index contributed by atoms with van der Waals surface area (Å²) < 4.78 is 5.84. The molecule has 0 spiro atoms. The molecule has 70 valence electrons. The van der Waals surface area contributed by atoms with Crippen molar-refractivity contribution in [1.82, 2.24) is 0 Å². The van der Waals surface area contributed by atoms with E-state index in [4.69, 9.17) is 4.43 Å². The molecule has 1 unspecified atom stereocenters. The highest BCUT2D eigenvalue weighted by Gasteiger charge is 2.48. The Morgan fingerprint density at radius 3 is 2.08 bits per heavy atom. The van der Waals surface area contributed by atoms with Gasteiger partial charge in [-0.2, -0.15) is 0 Å². The van der Waals surface area contributed by atoms with Gasteiger partial charge >= 0.3 is 0 Å². The first-order valence-corrected chi connectivity index (χ1v) is 8.01. The predicted molar refractivity (Wildman–Crippen MR) is 55.5 cm³/mol. The lowest BCUT2D eigenvalue weighted by atomic mass is 10.1. The maximum atomic E-state index is 5.84. The Kier molecular flexibility index (Phi) is 2.15. The molecule has 2 heteroatoms. The Balaban J connectivity index is 2.42. The summed E-state index contributed by atoms with van der Waals surface area (Å²) in [5.41, 5.74) is 0.455. The maximum Gasteiger partial charge on any atom is 0.241 e. The average molecular weight is 184 g/mol. The zero-order valence-corrected chi connectivity index (χ0v) is 9.90. The lowest BCUT2D eigenvalue weighted by molar-refractivity contribution is 0.371. The molecule has 0 aromatic carbocycles. The van der Waals surface area contributed by atoms with Gasteiger partial charge < -0.3 is 4.43 Å². The molecule has 12 heavy (non-hydrogen) atoms. The number of hydrogen-bond acceptors (Lipinski definition) is 1. The zero-order chi connectivity index (χ0) is 9.57. The maximum absolute atomic E-state index is 5.84. The van der Waals surface area contributed by atoms with Gasteiger partial charge in [-0.25, -0.2) is 0 Å². The molecule has 1 aliphatic carbocycles. The highest BCUT2D eigenvalue weighted by molar-refractivity contribution is 6.70. The molecular weight excluding hydrogens is 164 g/mol. The monoisotopic (exact) mass is 184 g/mol. The molecule has 0 aliphatic heterocycles. The SMILES string of the molecule is C=C(O[Si](C)(C)C)C1CC1(C)C. The standard InChI is InChI=1S/C10H20OSi/c1-8(11-12(4,5)6)9-7-10(9,2)3/h9H,1,7H2,2-6H3. The molecule has 1 rings (SSSR count). The summed E-state index contributed by atoms with van der Waals surface area (Å²) >= 11 is 0. The molecule has 0 bridgehead atoms. The zero-order valence-electron chi connectivity index (χ0n) is 8.90. The van der Waals surface area contributed by atoms with E-state index in [-0.39, 0.29) is 0 Å². The van der Waals surface area contributed by atoms with Crippen molar-refractivity contribution in [3.05, 3.63) is 12.3 Å². The number of hydrogen-bond donors (Lipinski definition) is 0. The van der Waals surface area contributed by atoms with Crippen LogP contribution >= 0.6 is 0 Å². The quantitative estimate of drug-likeness (QED) is 0.482. The van der Waals surface area contributed by atoms with Crippen LogP contribution in [0.2, 0.25) is 19.6 Å². The molecule has 0 saturated heterocycles. The van der Waals surface area contributed by atoms with E-state index < -0.39 is 8.32 Å². The fraction of sp³-hybridized carbons (Fsp3) is 0.800. The molecule has 0 amide bonds. The van der Waals surface area contributed by atoms with Crippen LogP contribution in [0.3, 0.4) is 0 Å². The molecule has 1 fully saturated rings. The van der Waals surface area contributed by atoms with Gasteiger partial charge in [0.1, 0.15) is 0 Å². The normalized spacial score (nSPS) is 26.6. The molecule has 1 nitrogen and oxygen atoms in total. The van der Waals surface area contributed by atoms with E-state index >= 15 is 0 Å². The third-order valence-electron chi connectivity index (χ3n) is 2.34. The van der Waals surface area contributed by atoms with Gasteiger partial charge in [0.2, 0.25) is 8.32 Å². The molecule has 0 radical (unpaired) electrons. The summed E-state index contributed by atoms with van der Waals surface area (Å²) in [7, 11) is -1.41. The van der Waals surface area contributed by atoms with Crippen molar-refractivity contribution in [3.63, 3.8) is 0 Å². The summed E-state index contributed by atoms with van der Waals surface area (Å²) in [5.74, 6) is 1.64. The smallest absolute Gasteiger partial charge is 0.241 e. The van der Waals surface area contributed by atoms with Crippen LogP contribution in [-0.2, 0) is 4.43 Å². The third-order valence-corrected chi connectivity index (χ3v) is 3.21. The Bertz CT molecular complexity index is 200. The fourth-order valence-electron chi connectivity index (χ4n) is 1.48. The van der Waals surface area contributed by atoms with Crippen LogP contribution in [0.25, 0.3) is 0 Å². The van der Waals surface area contributed by atoms with Crippen LogP contribution in [0.1, 0.15) is 20.3 Å². The lowest BCUT2D eigenvalue weighted by Crippen LogP contribution is -2.25. The highest BCUT2D eigenvalue weighted by Crippen LogP contribution is 2.55.